The third-order valence-corrected chi connectivity index (χ3v) is 2.52. The lowest BCUT2D eigenvalue weighted by molar-refractivity contribution is 1.09. The summed E-state index contributed by atoms with van der Waals surface area (Å²) in [6.07, 6.45) is 3.00. The van der Waals surface area contributed by atoms with E-state index in [-0.39, 0.29) is 0 Å². The first-order chi connectivity index (χ1) is 8.84. The number of nitrogen functional groups attached to an aromatic ring is 1. The molecule has 0 fully saturated rings. The minimum Gasteiger partial charge on any atom is -0.383 e. The summed E-state index contributed by atoms with van der Waals surface area (Å²) in [6.45, 7) is 0. The number of aromatic amines is 1. The summed E-state index contributed by atoms with van der Waals surface area (Å²) in [5, 5.41) is 7.00. The summed E-state index contributed by atoms with van der Waals surface area (Å²) in [7, 11) is 0. The smallest absolute Gasteiger partial charge is 0.181 e. The first-order valence-electron chi connectivity index (χ1n) is 5.38. The van der Waals surface area contributed by atoms with E-state index in [0.717, 1.165) is 5.56 Å². The van der Waals surface area contributed by atoms with E-state index in [0.29, 0.717) is 23.0 Å². The number of nitrogens with one attached hydrogen (secondary N) is 1. The summed E-state index contributed by atoms with van der Waals surface area (Å²) >= 11 is 0. The Balaban J connectivity index is 2.03. The van der Waals surface area contributed by atoms with E-state index in [9.17, 15) is 0 Å². The zero-order valence-electron chi connectivity index (χ0n) is 9.41. The molecule has 2 aromatic heterocycles. The highest BCUT2D eigenvalue weighted by Crippen LogP contribution is 2.21. The fourth-order valence-corrected chi connectivity index (χ4v) is 1.62. The molecule has 0 saturated heterocycles. The van der Waals surface area contributed by atoms with Gasteiger partial charge in [-0.05, 0) is 0 Å². The van der Waals surface area contributed by atoms with Gasteiger partial charge in [-0.1, -0.05) is 30.3 Å². The van der Waals surface area contributed by atoms with Crippen molar-refractivity contribution in [1.82, 2.24) is 25.1 Å². The molecule has 18 heavy (non-hydrogen) atoms. The largest absolute Gasteiger partial charge is 0.383 e. The number of nitrogens with two attached hydrogens (primary N) is 1. The maximum absolute atomic E-state index is 5.76. The number of anilines is 1. The Morgan fingerprint density at radius 3 is 2.72 bits per heavy atom. The van der Waals surface area contributed by atoms with Gasteiger partial charge in [0.05, 0.1) is 5.56 Å². The van der Waals surface area contributed by atoms with Crippen molar-refractivity contribution in [3.8, 4) is 22.8 Å². The molecular formula is C12H10N6. The van der Waals surface area contributed by atoms with Crippen molar-refractivity contribution >= 4 is 5.82 Å². The number of H-pyrrole nitrogens is 1. The maximum atomic E-state index is 5.76. The first kappa shape index (κ1) is 10.4. The Bertz CT molecular complexity index is 661. The molecule has 0 atom stereocenters. The van der Waals surface area contributed by atoms with Crippen LogP contribution in [0.4, 0.5) is 5.82 Å². The summed E-state index contributed by atoms with van der Waals surface area (Å²) in [5.41, 5.74) is 7.35. The van der Waals surface area contributed by atoms with Crippen LogP contribution < -0.4 is 5.73 Å². The van der Waals surface area contributed by atoms with Gasteiger partial charge in [0, 0.05) is 11.8 Å². The molecule has 6 nitrogen and oxygen atoms in total. The van der Waals surface area contributed by atoms with Crippen molar-refractivity contribution in [3.63, 3.8) is 0 Å². The van der Waals surface area contributed by atoms with Crippen molar-refractivity contribution in [1.29, 1.82) is 0 Å². The van der Waals surface area contributed by atoms with Gasteiger partial charge >= 0.3 is 0 Å². The number of hydrogen-bond donors (Lipinski definition) is 2. The van der Waals surface area contributed by atoms with Gasteiger partial charge in [-0.15, -0.1) is 0 Å². The maximum Gasteiger partial charge on any atom is 0.181 e. The van der Waals surface area contributed by atoms with Gasteiger partial charge in [-0.3, -0.25) is 5.10 Å². The van der Waals surface area contributed by atoms with E-state index in [1.807, 2.05) is 30.3 Å². The molecule has 3 rings (SSSR count). The topological polar surface area (TPSA) is 93.4 Å². The van der Waals surface area contributed by atoms with Gasteiger partial charge < -0.3 is 5.73 Å². The fraction of sp³-hybridized carbons (Fsp3) is 0. The van der Waals surface area contributed by atoms with Crippen LogP contribution in [0.15, 0.2) is 42.9 Å². The van der Waals surface area contributed by atoms with E-state index >= 15 is 0 Å². The van der Waals surface area contributed by atoms with Crippen molar-refractivity contribution in [2.75, 3.05) is 5.73 Å². The zero-order valence-corrected chi connectivity index (χ0v) is 9.41. The lowest BCUT2D eigenvalue weighted by Crippen LogP contribution is -1.95. The summed E-state index contributed by atoms with van der Waals surface area (Å²) in [4.78, 5) is 12.2. The number of nitrogens with zero attached hydrogens (tertiary/aromatic N) is 4. The fourth-order valence-electron chi connectivity index (χ4n) is 1.62. The third kappa shape index (κ3) is 1.80. The molecule has 2 heterocycles. The molecule has 1 aromatic carbocycles. The predicted octanol–water partition coefficient (Wildman–Crippen LogP) is 1.51. The molecule has 0 unspecified atom stereocenters. The minimum atomic E-state index is 0.376. The van der Waals surface area contributed by atoms with Crippen LogP contribution in [0, 0.1) is 0 Å². The Morgan fingerprint density at radius 2 is 1.94 bits per heavy atom. The molecule has 0 radical (unpaired) electrons. The Morgan fingerprint density at radius 1 is 1.11 bits per heavy atom. The molecule has 0 aliphatic rings. The molecule has 3 aromatic rings. The molecule has 3 N–H and O–H groups in total. The Labute approximate surface area is 103 Å². The Hall–Kier alpha value is -2.76. The molecule has 88 valence electrons. The number of aromatic nitrogens is 5. The standard InChI is InChI=1S/C12H10N6/c13-10-9(6-14-7-15-10)12-16-11(17-18-12)8-4-2-1-3-5-8/h1-7H,(H2,13,14,15)(H,16,17,18). The molecule has 0 aliphatic carbocycles. The monoisotopic (exact) mass is 238 g/mol. The molecule has 6 heteroatoms. The van der Waals surface area contributed by atoms with Gasteiger partial charge in [0.2, 0.25) is 0 Å². The average Bonchev–Trinajstić information content (AvgIpc) is 2.90. The lowest BCUT2D eigenvalue weighted by atomic mass is 10.2. The first-order valence-corrected chi connectivity index (χ1v) is 5.38. The number of rotatable bonds is 2. The lowest BCUT2D eigenvalue weighted by Gasteiger charge is -1.97. The van der Waals surface area contributed by atoms with Crippen LogP contribution in [-0.2, 0) is 0 Å². The van der Waals surface area contributed by atoms with E-state index in [2.05, 4.69) is 25.1 Å². The second-order valence-electron chi connectivity index (χ2n) is 3.70. The second kappa shape index (κ2) is 4.25. The third-order valence-electron chi connectivity index (χ3n) is 2.52. The van der Waals surface area contributed by atoms with Crippen LogP contribution in [0.3, 0.4) is 0 Å². The molecule has 0 aliphatic heterocycles. The van der Waals surface area contributed by atoms with Crippen molar-refractivity contribution < 1.29 is 0 Å². The highest BCUT2D eigenvalue weighted by Gasteiger charge is 2.10. The second-order valence-corrected chi connectivity index (χ2v) is 3.70. The normalized spacial score (nSPS) is 10.4. The molecule has 0 saturated carbocycles. The number of hydrogen-bond acceptors (Lipinski definition) is 5. The molecular weight excluding hydrogens is 228 g/mol. The van der Waals surface area contributed by atoms with Gasteiger partial charge in [-0.25, -0.2) is 15.0 Å². The van der Waals surface area contributed by atoms with Crippen LogP contribution in [0.2, 0.25) is 0 Å². The molecule has 0 spiro atoms. The highest BCUT2D eigenvalue weighted by molar-refractivity contribution is 5.68. The van der Waals surface area contributed by atoms with Gasteiger partial charge in [0.15, 0.2) is 11.6 Å². The van der Waals surface area contributed by atoms with E-state index in [4.69, 9.17) is 5.73 Å². The van der Waals surface area contributed by atoms with E-state index in [1.165, 1.54) is 6.33 Å². The SMILES string of the molecule is Nc1ncncc1-c1nc(-c2ccccc2)n[nH]1. The summed E-state index contributed by atoms with van der Waals surface area (Å²) in [6, 6.07) is 9.70. The average molecular weight is 238 g/mol. The van der Waals surface area contributed by atoms with Gasteiger partial charge in [0.25, 0.3) is 0 Å². The highest BCUT2D eigenvalue weighted by atomic mass is 15.2. The molecule has 0 amide bonds. The van der Waals surface area contributed by atoms with Crippen LogP contribution >= 0.6 is 0 Å². The van der Waals surface area contributed by atoms with Crippen LogP contribution in [0.1, 0.15) is 0 Å². The van der Waals surface area contributed by atoms with Gasteiger partial charge in [0.1, 0.15) is 12.1 Å². The van der Waals surface area contributed by atoms with Gasteiger partial charge in [-0.2, -0.15) is 5.10 Å². The Kier molecular flexibility index (Phi) is 2.45. The molecule has 0 bridgehead atoms. The van der Waals surface area contributed by atoms with Crippen molar-refractivity contribution in [3.05, 3.63) is 42.9 Å². The van der Waals surface area contributed by atoms with Crippen LogP contribution in [-0.4, -0.2) is 25.1 Å². The zero-order chi connectivity index (χ0) is 12.4. The van der Waals surface area contributed by atoms with E-state index in [1.54, 1.807) is 6.20 Å². The number of benzene rings is 1. The van der Waals surface area contributed by atoms with Crippen LogP contribution in [0.5, 0.6) is 0 Å². The van der Waals surface area contributed by atoms with E-state index < -0.39 is 0 Å². The summed E-state index contributed by atoms with van der Waals surface area (Å²) in [5.74, 6) is 1.56. The summed E-state index contributed by atoms with van der Waals surface area (Å²) < 4.78 is 0. The van der Waals surface area contributed by atoms with Crippen molar-refractivity contribution in [2.45, 2.75) is 0 Å². The predicted molar refractivity (Wildman–Crippen MR) is 67.3 cm³/mol. The quantitative estimate of drug-likeness (QED) is 0.705. The minimum absolute atomic E-state index is 0.376. The van der Waals surface area contributed by atoms with Crippen molar-refractivity contribution in [2.24, 2.45) is 0 Å². The van der Waals surface area contributed by atoms with Crippen LogP contribution in [0.25, 0.3) is 22.8 Å².